The van der Waals surface area contributed by atoms with E-state index in [1.54, 1.807) is 24.3 Å². The van der Waals surface area contributed by atoms with Crippen molar-refractivity contribution in [3.8, 4) is 17.0 Å². The number of nitrogen functional groups attached to an aromatic ring is 1. The summed E-state index contributed by atoms with van der Waals surface area (Å²) in [5.41, 5.74) is 8.15. The quantitative estimate of drug-likeness (QED) is 0.284. The molecule has 7 N–H and O–H groups in total. The second-order valence-electron chi connectivity index (χ2n) is 6.97. The zero-order valence-electron chi connectivity index (χ0n) is 16.8. The van der Waals surface area contributed by atoms with Gasteiger partial charge in [-0.2, -0.15) is 0 Å². The molecule has 32 heavy (non-hydrogen) atoms. The van der Waals surface area contributed by atoms with Crippen LogP contribution in [-0.4, -0.2) is 45.5 Å². The monoisotopic (exact) mass is 460 g/mol. The first kappa shape index (κ1) is 23.3. The van der Waals surface area contributed by atoms with Crippen molar-refractivity contribution in [1.82, 2.24) is 10.3 Å². The Labute approximate surface area is 188 Å². The van der Waals surface area contributed by atoms with Crippen molar-refractivity contribution in [3.05, 3.63) is 64.7 Å². The van der Waals surface area contributed by atoms with Crippen molar-refractivity contribution in [2.75, 3.05) is 24.2 Å². The summed E-state index contributed by atoms with van der Waals surface area (Å²) < 4.78 is 13.3. The minimum Gasteiger partial charge on any atom is -0.507 e. The molecule has 0 aliphatic rings. The summed E-state index contributed by atoms with van der Waals surface area (Å²) >= 11 is 5.92. The maximum absolute atomic E-state index is 13.3. The molecule has 3 aromatic rings. The van der Waals surface area contributed by atoms with Crippen molar-refractivity contribution in [3.63, 3.8) is 0 Å². The lowest BCUT2D eigenvalue weighted by molar-refractivity contribution is 0.0802. The van der Waals surface area contributed by atoms with Crippen LogP contribution in [0, 0.1) is 0 Å². The second-order valence-corrected chi connectivity index (χ2v) is 7.40. The van der Waals surface area contributed by atoms with Crippen LogP contribution in [0.25, 0.3) is 11.3 Å². The van der Waals surface area contributed by atoms with Gasteiger partial charge in [-0.25, -0.2) is 9.37 Å². The number of benzene rings is 2. The van der Waals surface area contributed by atoms with E-state index in [0.29, 0.717) is 33.2 Å². The molecular formula is C22H22ClFN4O4. The van der Waals surface area contributed by atoms with Crippen molar-refractivity contribution < 1.29 is 24.5 Å². The highest BCUT2D eigenvalue weighted by Gasteiger charge is 2.15. The number of aromatic nitrogens is 1. The van der Waals surface area contributed by atoms with Crippen LogP contribution in [0.5, 0.6) is 5.75 Å². The molecule has 0 fully saturated rings. The van der Waals surface area contributed by atoms with E-state index in [1.807, 2.05) is 0 Å². The number of aliphatic hydroxyl groups excluding tert-OH is 2. The summed E-state index contributed by atoms with van der Waals surface area (Å²) in [6.45, 7) is -1.33. The topological polar surface area (TPSA) is 141 Å². The summed E-state index contributed by atoms with van der Waals surface area (Å²) in [6.07, 6.45) is -1.09. The number of amides is 1. The Morgan fingerprint density at radius 3 is 2.66 bits per heavy atom. The first-order chi connectivity index (χ1) is 15.3. The molecule has 0 radical (unpaired) electrons. The van der Waals surface area contributed by atoms with E-state index in [2.05, 4.69) is 15.6 Å². The van der Waals surface area contributed by atoms with Gasteiger partial charge in [0.05, 0.1) is 24.0 Å². The average Bonchev–Trinajstić information content (AvgIpc) is 2.79. The summed E-state index contributed by atoms with van der Waals surface area (Å²) in [4.78, 5) is 16.4. The van der Waals surface area contributed by atoms with E-state index in [0.717, 1.165) is 0 Å². The number of hydrogen-bond donors (Lipinski definition) is 6. The van der Waals surface area contributed by atoms with Gasteiger partial charge in [0.15, 0.2) is 0 Å². The highest BCUT2D eigenvalue weighted by atomic mass is 35.5. The van der Waals surface area contributed by atoms with Gasteiger partial charge in [0.1, 0.15) is 18.2 Å². The summed E-state index contributed by atoms with van der Waals surface area (Å²) in [5, 5.41) is 34.4. The molecule has 0 bridgehead atoms. The molecule has 2 aromatic carbocycles. The highest BCUT2D eigenvalue weighted by Crippen LogP contribution is 2.33. The molecule has 1 aromatic heterocycles. The number of aromatic hydroxyl groups is 1. The predicted molar refractivity (Wildman–Crippen MR) is 121 cm³/mol. The Morgan fingerprint density at radius 1 is 1.19 bits per heavy atom. The Morgan fingerprint density at radius 2 is 1.97 bits per heavy atom. The van der Waals surface area contributed by atoms with E-state index in [-0.39, 0.29) is 23.7 Å². The largest absolute Gasteiger partial charge is 0.507 e. The number of nitrogens with zero attached hydrogens (tertiary/aromatic N) is 1. The molecule has 8 nitrogen and oxygen atoms in total. The number of carbonyl (C=O) groups excluding carboxylic acids is 1. The van der Waals surface area contributed by atoms with Gasteiger partial charge in [-0.3, -0.25) is 4.79 Å². The third kappa shape index (κ3) is 5.44. The van der Waals surface area contributed by atoms with Gasteiger partial charge in [-0.1, -0.05) is 11.6 Å². The Bertz CT molecular complexity index is 1130. The lowest BCUT2D eigenvalue weighted by atomic mass is 10.1. The molecule has 0 saturated carbocycles. The number of anilines is 3. The second kappa shape index (κ2) is 10.3. The van der Waals surface area contributed by atoms with Gasteiger partial charge in [0.25, 0.3) is 5.91 Å². The molecular weight excluding hydrogens is 439 g/mol. The van der Waals surface area contributed by atoms with Crippen molar-refractivity contribution >= 4 is 34.7 Å². The number of rotatable bonds is 8. The molecule has 1 atom stereocenters. The SMILES string of the molecule is Nc1nc(-c2cc(Nc3ccc(Cl)cc3CF)ccc2O)ccc1C(=O)NCC(O)CO. The summed E-state index contributed by atoms with van der Waals surface area (Å²) in [5.74, 6) is -0.698. The minimum absolute atomic E-state index is 0.0625. The third-order valence-corrected chi connectivity index (χ3v) is 4.88. The molecule has 1 heterocycles. The van der Waals surface area contributed by atoms with E-state index < -0.39 is 25.3 Å². The number of aliphatic hydroxyl groups is 2. The first-order valence-electron chi connectivity index (χ1n) is 9.60. The standard InChI is InChI=1S/C22H22ClFN4O4/c23-13-1-4-18(12(7-13)9-24)27-14-2-6-20(31)17(8-14)19-5-3-16(21(25)28-19)22(32)26-10-15(30)11-29/h1-8,15,27,29-31H,9-11H2,(H2,25,28)(H,26,32). The van der Waals surface area contributed by atoms with E-state index >= 15 is 0 Å². The molecule has 10 heteroatoms. The minimum atomic E-state index is -1.09. The van der Waals surface area contributed by atoms with Crippen LogP contribution in [0.4, 0.5) is 21.6 Å². The van der Waals surface area contributed by atoms with Crippen molar-refractivity contribution in [1.29, 1.82) is 0 Å². The summed E-state index contributed by atoms with van der Waals surface area (Å²) in [7, 11) is 0. The van der Waals surface area contributed by atoms with Gasteiger partial charge in [0.2, 0.25) is 0 Å². The normalized spacial score (nSPS) is 11.8. The van der Waals surface area contributed by atoms with Gasteiger partial charge < -0.3 is 31.7 Å². The van der Waals surface area contributed by atoms with E-state index in [9.17, 15) is 19.4 Å². The molecule has 0 spiro atoms. The third-order valence-electron chi connectivity index (χ3n) is 4.64. The van der Waals surface area contributed by atoms with Crippen LogP contribution in [-0.2, 0) is 6.67 Å². The number of pyridine rings is 1. The zero-order chi connectivity index (χ0) is 23.3. The lowest BCUT2D eigenvalue weighted by Gasteiger charge is -2.14. The zero-order valence-corrected chi connectivity index (χ0v) is 17.6. The highest BCUT2D eigenvalue weighted by molar-refractivity contribution is 6.30. The van der Waals surface area contributed by atoms with Crippen LogP contribution < -0.4 is 16.4 Å². The molecule has 1 unspecified atom stereocenters. The number of phenolic OH excluding ortho intramolecular Hbond substituents is 1. The molecule has 0 aliphatic heterocycles. The van der Waals surface area contributed by atoms with Gasteiger partial charge >= 0.3 is 0 Å². The predicted octanol–water partition coefficient (Wildman–Crippen LogP) is 2.99. The van der Waals surface area contributed by atoms with Crippen LogP contribution >= 0.6 is 11.6 Å². The van der Waals surface area contributed by atoms with Gasteiger partial charge in [-0.15, -0.1) is 0 Å². The lowest BCUT2D eigenvalue weighted by Crippen LogP contribution is -2.34. The van der Waals surface area contributed by atoms with Crippen molar-refractivity contribution in [2.45, 2.75) is 12.8 Å². The molecule has 3 rings (SSSR count). The molecule has 1 amide bonds. The fourth-order valence-corrected chi connectivity index (χ4v) is 3.15. The fourth-order valence-electron chi connectivity index (χ4n) is 2.96. The van der Waals surface area contributed by atoms with Gasteiger partial charge in [-0.05, 0) is 48.5 Å². The fraction of sp³-hybridized carbons (Fsp3) is 0.182. The maximum atomic E-state index is 13.3. The number of nitrogens with two attached hydrogens (primary N) is 1. The van der Waals surface area contributed by atoms with E-state index in [1.165, 1.54) is 24.3 Å². The smallest absolute Gasteiger partial charge is 0.255 e. The molecule has 0 aliphatic carbocycles. The van der Waals surface area contributed by atoms with Crippen LogP contribution in [0.15, 0.2) is 48.5 Å². The average molecular weight is 461 g/mol. The first-order valence-corrected chi connectivity index (χ1v) is 9.98. The number of halogens is 2. The van der Waals surface area contributed by atoms with Crippen LogP contribution in [0.1, 0.15) is 15.9 Å². The van der Waals surface area contributed by atoms with E-state index in [4.69, 9.17) is 22.4 Å². The number of carbonyl (C=O) groups is 1. The molecule has 0 saturated heterocycles. The number of nitrogens with one attached hydrogen (secondary N) is 2. The van der Waals surface area contributed by atoms with Crippen LogP contribution in [0.3, 0.4) is 0 Å². The Kier molecular flexibility index (Phi) is 7.47. The number of alkyl halides is 1. The number of phenols is 1. The van der Waals surface area contributed by atoms with Gasteiger partial charge in [0, 0.05) is 34.1 Å². The Balaban J connectivity index is 1.85. The Hall–Kier alpha value is -3.40. The maximum Gasteiger partial charge on any atom is 0.255 e. The summed E-state index contributed by atoms with van der Waals surface area (Å²) in [6, 6.07) is 12.5. The molecule has 168 valence electrons. The van der Waals surface area contributed by atoms with Crippen LogP contribution in [0.2, 0.25) is 5.02 Å². The number of hydrogen-bond acceptors (Lipinski definition) is 7. The van der Waals surface area contributed by atoms with Crippen molar-refractivity contribution in [2.24, 2.45) is 0 Å².